The van der Waals surface area contributed by atoms with Gasteiger partial charge in [-0.1, -0.05) is 0 Å². The Morgan fingerprint density at radius 1 is 1.45 bits per heavy atom. The van der Waals surface area contributed by atoms with Crippen LogP contribution in [0.1, 0.15) is 24.6 Å². The maximum Gasteiger partial charge on any atom is 0.286 e. The Kier molecular flexibility index (Phi) is 3.17. The molecule has 1 fully saturated rings. The van der Waals surface area contributed by atoms with Crippen LogP contribution in [0.15, 0.2) is 28.3 Å². The fourth-order valence-corrected chi connectivity index (χ4v) is 2.81. The summed E-state index contributed by atoms with van der Waals surface area (Å²) in [6.45, 7) is 0. The summed E-state index contributed by atoms with van der Waals surface area (Å²) in [6.07, 6.45) is 2.21. The fourth-order valence-electron chi connectivity index (χ4n) is 1.93. The van der Waals surface area contributed by atoms with Crippen molar-refractivity contribution in [2.45, 2.75) is 28.8 Å². The van der Waals surface area contributed by atoms with E-state index in [0.717, 1.165) is 36.5 Å². The highest BCUT2D eigenvalue weighted by Crippen LogP contribution is 2.41. The van der Waals surface area contributed by atoms with Crippen molar-refractivity contribution in [2.75, 3.05) is 0 Å². The van der Waals surface area contributed by atoms with Crippen molar-refractivity contribution in [2.24, 2.45) is 7.05 Å². The van der Waals surface area contributed by atoms with Gasteiger partial charge in [0.15, 0.2) is 5.16 Å². The van der Waals surface area contributed by atoms with Crippen molar-refractivity contribution >= 4 is 17.4 Å². The molecule has 104 valence electrons. The highest BCUT2D eigenvalue weighted by Gasteiger charge is 2.29. The van der Waals surface area contributed by atoms with Gasteiger partial charge >= 0.3 is 0 Å². The van der Waals surface area contributed by atoms with Gasteiger partial charge in [-0.3, -0.25) is 10.1 Å². The van der Waals surface area contributed by atoms with E-state index >= 15 is 0 Å². The maximum atomic E-state index is 13.1. The van der Waals surface area contributed by atoms with Crippen molar-refractivity contribution in [1.82, 2.24) is 14.8 Å². The molecule has 0 unspecified atom stereocenters. The summed E-state index contributed by atoms with van der Waals surface area (Å²) in [5.74, 6) is 0.722. The first-order valence-corrected chi connectivity index (χ1v) is 6.89. The molecule has 0 spiro atoms. The smallest absolute Gasteiger partial charge is 0.286 e. The average Bonchev–Trinajstić information content (AvgIpc) is 3.18. The third kappa shape index (κ3) is 2.38. The van der Waals surface area contributed by atoms with Gasteiger partial charge in [0.25, 0.3) is 5.69 Å². The van der Waals surface area contributed by atoms with Crippen LogP contribution in [0, 0.1) is 15.9 Å². The first-order valence-electron chi connectivity index (χ1n) is 6.07. The molecule has 1 aliphatic rings. The zero-order valence-electron chi connectivity index (χ0n) is 10.6. The molecule has 0 saturated heterocycles. The summed E-state index contributed by atoms with van der Waals surface area (Å²) in [5, 5.41) is 19.7. The van der Waals surface area contributed by atoms with Crippen LogP contribution >= 0.6 is 11.8 Å². The van der Waals surface area contributed by atoms with Gasteiger partial charge in [-0.15, -0.1) is 10.2 Å². The molecule has 1 heterocycles. The second-order valence-corrected chi connectivity index (χ2v) is 5.65. The van der Waals surface area contributed by atoms with E-state index in [1.807, 2.05) is 11.6 Å². The van der Waals surface area contributed by atoms with Crippen LogP contribution in [-0.2, 0) is 7.05 Å². The number of hydrogen-bond donors (Lipinski definition) is 0. The lowest BCUT2D eigenvalue weighted by Gasteiger charge is -2.03. The molecule has 3 rings (SSSR count). The predicted molar refractivity (Wildman–Crippen MR) is 70.2 cm³/mol. The molecule has 6 nitrogen and oxygen atoms in total. The van der Waals surface area contributed by atoms with Crippen molar-refractivity contribution in [1.29, 1.82) is 0 Å². The largest absolute Gasteiger partial charge is 0.309 e. The summed E-state index contributed by atoms with van der Waals surface area (Å²) in [4.78, 5) is 10.7. The number of aromatic nitrogens is 3. The molecular weight excluding hydrogens is 283 g/mol. The molecule has 0 aliphatic heterocycles. The number of benzene rings is 1. The van der Waals surface area contributed by atoms with Crippen LogP contribution in [-0.4, -0.2) is 19.7 Å². The van der Waals surface area contributed by atoms with E-state index in [1.165, 1.54) is 12.1 Å². The van der Waals surface area contributed by atoms with Crippen LogP contribution in [0.3, 0.4) is 0 Å². The Balaban J connectivity index is 1.93. The summed E-state index contributed by atoms with van der Waals surface area (Å²) in [6, 6.07) is 3.51. The molecule has 0 bridgehead atoms. The lowest BCUT2D eigenvalue weighted by molar-refractivity contribution is -0.387. The van der Waals surface area contributed by atoms with Gasteiger partial charge < -0.3 is 4.57 Å². The molecule has 0 N–H and O–H groups in total. The second-order valence-electron chi connectivity index (χ2n) is 4.65. The number of rotatable bonds is 4. The zero-order chi connectivity index (χ0) is 14.3. The lowest BCUT2D eigenvalue weighted by Crippen LogP contribution is -1.98. The first-order chi connectivity index (χ1) is 9.56. The zero-order valence-corrected chi connectivity index (χ0v) is 11.4. The molecule has 1 aromatic heterocycles. The number of hydrogen-bond acceptors (Lipinski definition) is 5. The molecule has 2 aromatic rings. The van der Waals surface area contributed by atoms with Crippen LogP contribution < -0.4 is 0 Å². The summed E-state index contributed by atoms with van der Waals surface area (Å²) < 4.78 is 14.9. The van der Waals surface area contributed by atoms with Crippen molar-refractivity contribution in [3.63, 3.8) is 0 Å². The van der Waals surface area contributed by atoms with Gasteiger partial charge in [0.05, 0.1) is 15.9 Å². The van der Waals surface area contributed by atoms with E-state index < -0.39 is 10.7 Å². The van der Waals surface area contributed by atoms with E-state index in [2.05, 4.69) is 10.2 Å². The quantitative estimate of drug-likeness (QED) is 0.640. The third-order valence-electron chi connectivity index (χ3n) is 3.13. The molecule has 1 saturated carbocycles. The molecule has 1 aromatic carbocycles. The van der Waals surface area contributed by atoms with E-state index in [1.54, 1.807) is 0 Å². The minimum atomic E-state index is -0.627. The Morgan fingerprint density at radius 2 is 2.20 bits per heavy atom. The number of nitro groups is 1. The Hall–Kier alpha value is -1.96. The summed E-state index contributed by atoms with van der Waals surface area (Å²) >= 11 is 1.12. The van der Waals surface area contributed by atoms with Crippen LogP contribution in [0.2, 0.25) is 0 Å². The SMILES string of the molecule is Cn1c(Sc2ccc(F)cc2[N+](=O)[O-])nnc1C1CC1. The minimum absolute atomic E-state index is 0.258. The van der Waals surface area contributed by atoms with Crippen molar-refractivity contribution in [3.05, 3.63) is 40.0 Å². The van der Waals surface area contributed by atoms with Gasteiger partial charge in [-0.2, -0.15) is 0 Å². The van der Waals surface area contributed by atoms with Crippen LogP contribution in [0.25, 0.3) is 0 Å². The normalized spacial score (nSPS) is 14.5. The standard InChI is InChI=1S/C12H11FN4O2S/c1-16-11(7-2-3-7)14-15-12(16)20-10-5-4-8(13)6-9(10)17(18)19/h4-7H,2-3H2,1H3. The summed E-state index contributed by atoms with van der Waals surface area (Å²) in [5.41, 5.74) is -0.258. The Labute approximate surface area is 118 Å². The van der Waals surface area contributed by atoms with E-state index in [4.69, 9.17) is 0 Å². The molecule has 1 aliphatic carbocycles. The van der Waals surface area contributed by atoms with Crippen molar-refractivity contribution in [3.8, 4) is 0 Å². The molecule has 0 atom stereocenters. The number of halogens is 1. The molecule has 8 heteroatoms. The van der Waals surface area contributed by atoms with Gasteiger partial charge in [0, 0.05) is 13.0 Å². The topological polar surface area (TPSA) is 73.8 Å². The van der Waals surface area contributed by atoms with E-state index in [0.29, 0.717) is 16.0 Å². The van der Waals surface area contributed by atoms with Crippen LogP contribution in [0.4, 0.5) is 10.1 Å². The van der Waals surface area contributed by atoms with Crippen LogP contribution in [0.5, 0.6) is 0 Å². The molecule has 20 heavy (non-hydrogen) atoms. The first kappa shape index (κ1) is 13.0. The monoisotopic (exact) mass is 294 g/mol. The highest BCUT2D eigenvalue weighted by molar-refractivity contribution is 7.99. The number of nitrogens with zero attached hydrogens (tertiary/aromatic N) is 4. The molecule has 0 amide bonds. The lowest BCUT2D eigenvalue weighted by atomic mass is 10.3. The predicted octanol–water partition coefficient (Wildman–Crippen LogP) is 2.89. The van der Waals surface area contributed by atoms with Gasteiger partial charge in [0.2, 0.25) is 0 Å². The summed E-state index contributed by atoms with van der Waals surface area (Å²) in [7, 11) is 1.84. The Bertz CT molecular complexity index is 684. The fraction of sp³-hybridized carbons (Fsp3) is 0.333. The number of nitro benzene ring substituents is 1. The molecular formula is C12H11FN4O2S. The second kappa shape index (κ2) is 4.86. The van der Waals surface area contributed by atoms with E-state index in [-0.39, 0.29) is 5.69 Å². The third-order valence-corrected chi connectivity index (χ3v) is 4.23. The Morgan fingerprint density at radius 3 is 2.85 bits per heavy atom. The highest BCUT2D eigenvalue weighted by atomic mass is 32.2. The average molecular weight is 294 g/mol. The van der Waals surface area contributed by atoms with E-state index in [9.17, 15) is 14.5 Å². The van der Waals surface area contributed by atoms with Gasteiger partial charge in [-0.05, 0) is 36.7 Å². The minimum Gasteiger partial charge on any atom is -0.309 e. The maximum absolute atomic E-state index is 13.1. The van der Waals surface area contributed by atoms with Gasteiger partial charge in [0.1, 0.15) is 11.6 Å². The molecule has 0 radical (unpaired) electrons. The van der Waals surface area contributed by atoms with Crippen molar-refractivity contribution < 1.29 is 9.31 Å². The van der Waals surface area contributed by atoms with Gasteiger partial charge in [-0.25, -0.2) is 4.39 Å².